The Balaban J connectivity index is 2.31. The van der Waals surface area contributed by atoms with E-state index in [0.717, 1.165) is 16.6 Å². The summed E-state index contributed by atoms with van der Waals surface area (Å²) in [6.07, 6.45) is 2.19. The predicted molar refractivity (Wildman–Crippen MR) is 85.0 cm³/mol. The third-order valence-corrected chi connectivity index (χ3v) is 3.79. The maximum absolute atomic E-state index is 6.17. The number of benzene rings is 1. The topological polar surface area (TPSA) is 48.1 Å². The van der Waals surface area contributed by atoms with E-state index in [1.54, 1.807) is 12.3 Å². The van der Waals surface area contributed by atoms with Crippen molar-refractivity contribution in [2.24, 2.45) is 5.73 Å². The number of rotatable bonds is 5. The molecule has 0 saturated carbocycles. The highest BCUT2D eigenvalue weighted by atomic mass is 79.9. The fraction of sp³-hybridized carbons (Fsp3) is 0.267. The van der Waals surface area contributed by atoms with Crippen molar-refractivity contribution in [2.75, 3.05) is 0 Å². The first kappa shape index (κ1) is 15.3. The summed E-state index contributed by atoms with van der Waals surface area (Å²) in [7, 11) is 0. The molecule has 0 aliphatic rings. The van der Waals surface area contributed by atoms with Crippen molar-refractivity contribution in [3.63, 3.8) is 0 Å². The summed E-state index contributed by atoms with van der Waals surface area (Å²) in [6.45, 7) is 2.02. The van der Waals surface area contributed by atoms with Crippen LogP contribution in [-0.2, 0) is 0 Å². The van der Waals surface area contributed by atoms with E-state index in [2.05, 4.69) is 20.9 Å². The fourth-order valence-electron chi connectivity index (χ4n) is 1.83. The molecular formula is C15H16BrClN2O. The highest BCUT2D eigenvalue weighted by Gasteiger charge is 2.22. The van der Waals surface area contributed by atoms with Crippen LogP contribution in [0, 0.1) is 0 Å². The van der Waals surface area contributed by atoms with Crippen LogP contribution < -0.4 is 10.5 Å². The van der Waals surface area contributed by atoms with Gasteiger partial charge in [0.05, 0.1) is 10.7 Å². The third-order valence-electron chi connectivity index (χ3n) is 2.99. The van der Waals surface area contributed by atoms with Crippen LogP contribution in [0.5, 0.6) is 5.75 Å². The summed E-state index contributed by atoms with van der Waals surface area (Å²) in [5, 5.41) is 0.553. The van der Waals surface area contributed by atoms with E-state index in [-0.39, 0.29) is 12.1 Å². The minimum atomic E-state index is -0.326. The zero-order chi connectivity index (χ0) is 14.5. The van der Waals surface area contributed by atoms with Crippen LogP contribution in [0.3, 0.4) is 0 Å². The van der Waals surface area contributed by atoms with E-state index >= 15 is 0 Å². The van der Waals surface area contributed by atoms with Gasteiger partial charge in [-0.1, -0.05) is 40.5 Å². The summed E-state index contributed by atoms with van der Waals surface area (Å²) in [5.41, 5.74) is 6.97. The van der Waals surface area contributed by atoms with Crippen LogP contribution >= 0.6 is 27.5 Å². The normalized spacial score (nSPS) is 13.8. The van der Waals surface area contributed by atoms with Gasteiger partial charge < -0.3 is 10.5 Å². The lowest BCUT2D eigenvalue weighted by Gasteiger charge is -2.24. The van der Waals surface area contributed by atoms with E-state index < -0.39 is 0 Å². The zero-order valence-electron chi connectivity index (χ0n) is 11.1. The van der Waals surface area contributed by atoms with E-state index in [1.165, 1.54) is 0 Å². The molecule has 106 valence electrons. The summed E-state index contributed by atoms with van der Waals surface area (Å²) in [5.74, 6) is 0.598. The molecular weight excluding hydrogens is 340 g/mol. The Labute approximate surface area is 132 Å². The summed E-state index contributed by atoms with van der Waals surface area (Å²) >= 11 is 9.58. The molecule has 20 heavy (non-hydrogen) atoms. The van der Waals surface area contributed by atoms with E-state index in [4.69, 9.17) is 22.1 Å². The van der Waals surface area contributed by atoms with Crippen LogP contribution in [0.25, 0.3) is 0 Å². The molecule has 0 saturated heterocycles. The largest absolute Gasteiger partial charge is 0.481 e. The SMILES string of the molecule is CCC(N)C(Oc1cc(Br)ccc1Cl)c1ccccn1. The van der Waals surface area contributed by atoms with Crippen molar-refractivity contribution in [3.05, 3.63) is 57.8 Å². The Kier molecular flexibility index (Phi) is 5.40. The van der Waals surface area contributed by atoms with Crippen molar-refractivity contribution in [3.8, 4) is 5.75 Å². The molecule has 0 amide bonds. The van der Waals surface area contributed by atoms with Gasteiger partial charge in [-0.05, 0) is 36.8 Å². The summed E-state index contributed by atoms with van der Waals surface area (Å²) in [4.78, 5) is 4.34. The lowest BCUT2D eigenvalue weighted by Crippen LogP contribution is -2.32. The molecule has 1 heterocycles. The van der Waals surface area contributed by atoms with Crippen molar-refractivity contribution in [1.82, 2.24) is 4.98 Å². The molecule has 0 radical (unpaired) electrons. The number of nitrogens with two attached hydrogens (primary N) is 1. The molecule has 0 aliphatic carbocycles. The minimum Gasteiger partial charge on any atom is -0.481 e. The Morgan fingerprint density at radius 3 is 2.80 bits per heavy atom. The molecule has 0 aliphatic heterocycles. The molecule has 1 aromatic heterocycles. The van der Waals surface area contributed by atoms with Gasteiger partial charge in [-0.15, -0.1) is 0 Å². The van der Waals surface area contributed by atoms with Crippen LogP contribution in [0.15, 0.2) is 47.1 Å². The first-order valence-electron chi connectivity index (χ1n) is 6.40. The second-order valence-corrected chi connectivity index (χ2v) is 5.76. The van der Waals surface area contributed by atoms with Gasteiger partial charge in [-0.3, -0.25) is 4.98 Å². The summed E-state index contributed by atoms with van der Waals surface area (Å²) in [6, 6.07) is 11.0. The Morgan fingerprint density at radius 1 is 1.35 bits per heavy atom. The van der Waals surface area contributed by atoms with Gasteiger partial charge in [-0.25, -0.2) is 0 Å². The molecule has 1 aromatic carbocycles. The highest BCUT2D eigenvalue weighted by molar-refractivity contribution is 9.10. The van der Waals surface area contributed by atoms with Gasteiger partial charge >= 0.3 is 0 Å². The molecule has 2 unspecified atom stereocenters. The number of hydrogen-bond donors (Lipinski definition) is 1. The standard InChI is InChI=1S/C15H16BrClN2O/c1-2-12(18)15(13-5-3-4-8-19-13)20-14-9-10(16)6-7-11(14)17/h3-9,12,15H,2,18H2,1H3. The maximum atomic E-state index is 6.17. The Hall–Kier alpha value is -1.10. The molecule has 2 N–H and O–H groups in total. The number of nitrogens with zero attached hydrogens (tertiary/aromatic N) is 1. The average Bonchev–Trinajstić information content (AvgIpc) is 2.48. The Morgan fingerprint density at radius 2 is 2.15 bits per heavy atom. The summed E-state index contributed by atoms with van der Waals surface area (Å²) < 4.78 is 6.92. The molecule has 2 aromatic rings. The van der Waals surface area contributed by atoms with Gasteiger partial charge in [-0.2, -0.15) is 0 Å². The van der Waals surface area contributed by atoms with E-state index in [1.807, 2.05) is 37.3 Å². The lowest BCUT2D eigenvalue weighted by molar-refractivity contribution is 0.166. The molecule has 0 bridgehead atoms. The van der Waals surface area contributed by atoms with Crippen molar-refractivity contribution < 1.29 is 4.74 Å². The molecule has 2 rings (SSSR count). The van der Waals surface area contributed by atoms with E-state index in [0.29, 0.717) is 10.8 Å². The van der Waals surface area contributed by atoms with Crippen molar-refractivity contribution >= 4 is 27.5 Å². The highest BCUT2D eigenvalue weighted by Crippen LogP contribution is 2.32. The molecule has 3 nitrogen and oxygen atoms in total. The zero-order valence-corrected chi connectivity index (χ0v) is 13.4. The van der Waals surface area contributed by atoms with Crippen LogP contribution in [-0.4, -0.2) is 11.0 Å². The van der Waals surface area contributed by atoms with Gasteiger partial charge in [0.15, 0.2) is 6.10 Å². The van der Waals surface area contributed by atoms with Crippen molar-refractivity contribution in [1.29, 1.82) is 0 Å². The first-order chi connectivity index (χ1) is 9.61. The average molecular weight is 356 g/mol. The number of pyridine rings is 1. The molecule has 5 heteroatoms. The molecule has 0 spiro atoms. The van der Waals surface area contributed by atoms with Gasteiger partial charge in [0.25, 0.3) is 0 Å². The number of ether oxygens (including phenoxy) is 1. The van der Waals surface area contributed by atoms with Crippen LogP contribution in [0.2, 0.25) is 5.02 Å². The number of hydrogen-bond acceptors (Lipinski definition) is 3. The molecule has 2 atom stereocenters. The van der Waals surface area contributed by atoms with Gasteiger partial charge in [0.2, 0.25) is 0 Å². The number of aromatic nitrogens is 1. The number of halogens is 2. The lowest BCUT2D eigenvalue weighted by atomic mass is 10.1. The minimum absolute atomic E-state index is 0.153. The van der Waals surface area contributed by atoms with Gasteiger partial charge in [0, 0.05) is 16.7 Å². The second kappa shape index (κ2) is 7.07. The maximum Gasteiger partial charge on any atom is 0.156 e. The van der Waals surface area contributed by atoms with Crippen LogP contribution in [0.1, 0.15) is 25.1 Å². The van der Waals surface area contributed by atoms with E-state index in [9.17, 15) is 0 Å². The molecule has 0 fully saturated rings. The second-order valence-electron chi connectivity index (χ2n) is 4.44. The quantitative estimate of drug-likeness (QED) is 0.867. The van der Waals surface area contributed by atoms with Crippen molar-refractivity contribution in [2.45, 2.75) is 25.5 Å². The third kappa shape index (κ3) is 3.72. The monoisotopic (exact) mass is 354 g/mol. The predicted octanol–water partition coefficient (Wildman–Crippen LogP) is 4.35. The van der Waals surface area contributed by atoms with Crippen LogP contribution in [0.4, 0.5) is 0 Å². The first-order valence-corrected chi connectivity index (χ1v) is 7.57. The fourth-order valence-corrected chi connectivity index (χ4v) is 2.33. The van der Waals surface area contributed by atoms with Gasteiger partial charge in [0.1, 0.15) is 5.75 Å². The smallest absolute Gasteiger partial charge is 0.156 e. The Bertz CT molecular complexity index is 565.